The molecule has 2 aromatic rings. The standard InChI is InChI=1S/C12H6BrF3N2O/c13-7-2-9(15)11(10(16)3-7)18-12(19)6-1-8(14)5-17-4-6/h1-5H,(H,18,19). The highest BCUT2D eigenvalue weighted by Gasteiger charge is 2.15. The van der Waals surface area contributed by atoms with Crippen LogP contribution in [0.2, 0.25) is 0 Å². The van der Waals surface area contributed by atoms with Gasteiger partial charge in [-0.25, -0.2) is 13.2 Å². The molecule has 0 atom stereocenters. The first kappa shape index (κ1) is 13.5. The van der Waals surface area contributed by atoms with Crippen molar-refractivity contribution >= 4 is 27.5 Å². The van der Waals surface area contributed by atoms with Crippen LogP contribution in [-0.4, -0.2) is 10.9 Å². The molecule has 1 aromatic heterocycles. The van der Waals surface area contributed by atoms with Crippen molar-refractivity contribution in [1.29, 1.82) is 0 Å². The van der Waals surface area contributed by atoms with Gasteiger partial charge in [-0.15, -0.1) is 0 Å². The Hall–Kier alpha value is -1.89. The van der Waals surface area contributed by atoms with Gasteiger partial charge in [0.05, 0.1) is 11.8 Å². The molecular weight excluding hydrogens is 325 g/mol. The predicted octanol–water partition coefficient (Wildman–Crippen LogP) is 3.51. The summed E-state index contributed by atoms with van der Waals surface area (Å²) in [5.74, 6) is -3.45. The summed E-state index contributed by atoms with van der Waals surface area (Å²) >= 11 is 2.92. The van der Waals surface area contributed by atoms with Crippen LogP contribution in [0.15, 0.2) is 35.1 Å². The molecule has 1 heterocycles. The zero-order chi connectivity index (χ0) is 14.0. The van der Waals surface area contributed by atoms with E-state index in [4.69, 9.17) is 0 Å². The van der Waals surface area contributed by atoms with Gasteiger partial charge < -0.3 is 5.32 Å². The van der Waals surface area contributed by atoms with E-state index in [0.717, 1.165) is 30.6 Å². The minimum absolute atomic E-state index is 0.137. The number of hydrogen-bond acceptors (Lipinski definition) is 2. The third-order valence-electron chi connectivity index (χ3n) is 2.21. The van der Waals surface area contributed by atoms with Crippen molar-refractivity contribution in [3.63, 3.8) is 0 Å². The summed E-state index contributed by atoms with van der Waals surface area (Å²) in [6.45, 7) is 0. The second-order valence-electron chi connectivity index (χ2n) is 3.59. The molecular formula is C12H6BrF3N2O. The van der Waals surface area contributed by atoms with Gasteiger partial charge in [-0.05, 0) is 18.2 Å². The van der Waals surface area contributed by atoms with Crippen molar-refractivity contribution in [2.45, 2.75) is 0 Å². The Labute approximate surface area is 114 Å². The number of aromatic nitrogens is 1. The normalized spacial score (nSPS) is 10.3. The molecule has 0 aliphatic rings. The lowest BCUT2D eigenvalue weighted by Gasteiger charge is -2.08. The molecule has 19 heavy (non-hydrogen) atoms. The van der Waals surface area contributed by atoms with E-state index < -0.39 is 29.0 Å². The molecule has 7 heteroatoms. The third kappa shape index (κ3) is 3.11. The van der Waals surface area contributed by atoms with Crippen molar-refractivity contribution in [2.24, 2.45) is 0 Å². The molecule has 0 aliphatic carbocycles. The molecule has 1 amide bonds. The summed E-state index contributed by atoms with van der Waals surface area (Å²) in [5, 5.41) is 2.03. The van der Waals surface area contributed by atoms with Crippen LogP contribution >= 0.6 is 15.9 Å². The van der Waals surface area contributed by atoms with Crippen molar-refractivity contribution in [2.75, 3.05) is 5.32 Å². The topological polar surface area (TPSA) is 42.0 Å². The molecule has 0 fully saturated rings. The number of pyridine rings is 1. The van der Waals surface area contributed by atoms with Crippen molar-refractivity contribution in [3.05, 3.63) is 58.1 Å². The molecule has 0 saturated heterocycles. The monoisotopic (exact) mass is 330 g/mol. The average molecular weight is 331 g/mol. The molecule has 0 spiro atoms. The summed E-state index contributed by atoms with van der Waals surface area (Å²) in [4.78, 5) is 15.2. The molecule has 98 valence electrons. The van der Waals surface area contributed by atoms with Gasteiger partial charge in [0, 0.05) is 10.7 Å². The van der Waals surface area contributed by atoms with Gasteiger partial charge in [0.25, 0.3) is 5.91 Å². The van der Waals surface area contributed by atoms with Gasteiger partial charge in [-0.2, -0.15) is 0 Å². The van der Waals surface area contributed by atoms with E-state index >= 15 is 0 Å². The second kappa shape index (κ2) is 5.40. The Morgan fingerprint density at radius 1 is 1.11 bits per heavy atom. The largest absolute Gasteiger partial charge is 0.317 e. The molecule has 0 aliphatic heterocycles. The van der Waals surface area contributed by atoms with Crippen LogP contribution in [0.4, 0.5) is 18.9 Å². The number of anilines is 1. The minimum Gasteiger partial charge on any atom is -0.317 e. The predicted molar refractivity (Wildman–Crippen MR) is 66.2 cm³/mol. The van der Waals surface area contributed by atoms with Crippen LogP contribution in [0.25, 0.3) is 0 Å². The number of nitrogens with one attached hydrogen (secondary N) is 1. The molecule has 0 bridgehead atoms. The van der Waals surface area contributed by atoms with Crippen LogP contribution in [-0.2, 0) is 0 Å². The lowest BCUT2D eigenvalue weighted by atomic mass is 10.2. The molecule has 2 rings (SSSR count). The highest BCUT2D eigenvalue weighted by molar-refractivity contribution is 9.10. The number of carbonyl (C=O) groups excluding carboxylic acids is 1. The van der Waals surface area contributed by atoms with Crippen LogP contribution in [0.1, 0.15) is 10.4 Å². The van der Waals surface area contributed by atoms with Gasteiger partial charge in [0.2, 0.25) is 0 Å². The lowest BCUT2D eigenvalue weighted by molar-refractivity contribution is 0.102. The Morgan fingerprint density at radius 3 is 2.32 bits per heavy atom. The SMILES string of the molecule is O=C(Nc1c(F)cc(Br)cc1F)c1cncc(F)c1. The van der Waals surface area contributed by atoms with Gasteiger partial charge in [-0.3, -0.25) is 9.78 Å². The van der Waals surface area contributed by atoms with Crippen LogP contribution in [0.5, 0.6) is 0 Å². The molecule has 1 aromatic carbocycles. The summed E-state index contributed by atoms with van der Waals surface area (Å²) in [6.07, 6.45) is 2.00. The highest BCUT2D eigenvalue weighted by Crippen LogP contribution is 2.24. The maximum atomic E-state index is 13.5. The third-order valence-corrected chi connectivity index (χ3v) is 2.67. The Bertz CT molecular complexity index is 626. The van der Waals surface area contributed by atoms with Crippen LogP contribution < -0.4 is 5.32 Å². The summed E-state index contributed by atoms with van der Waals surface area (Å²) in [5.41, 5.74) is -0.737. The summed E-state index contributed by atoms with van der Waals surface area (Å²) in [6, 6.07) is 2.92. The number of carbonyl (C=O) groups is 1. The smallest absolute Gasteiger partial charge is 0.257 e. The molecule has 0 saturated carbocycles. The van der Waals surface area contributed by atoms with E-state index in [1.54, 1.807) is 0 Å². The quantitative estimate of drug-likeness (QED) is 0.915. The minimum atomic E-state index is -0.940. The number of benzene rings is 1. The van der Waals surface area contributed by atoms with Crippen LogP contribution in [0, 0.1) is 17.5 Å². The fraction of sp³-hybridized carbons (Fsp3) is 0. The molecule has 3 nitrogen and oxygen atoms in total. The van der Waals surface area contributed by atoms with Crippen molar-refractivity contribution < 1.29 is 18.0 Å². The maximum Gasteiger partial charge on any atom is 0.257 e. The van der Waals surface area contributed by atoms with E-state index in [1.807, 2.05) is 5.32 Å². The number of rotatable bonds is 2. The van der Waals surface area contributed by atoms with E-state index in [1.165, 1.54) is 0 Å². The Balaban J connectivity index is 2.29. The summed E-state index contributed by atoms with van der Waals surface area (Å²) in [7, 11) is 0. The number of nitrogens with zero attached hydrogens (tertiary/aromatic N) is 1. The molecule has 0 unspecified atom stereocenters. The molecule has 0 radical (unpaired) electrons. The van der Waals surface area contributed by atoms with Gasteiger partial charge in [0.1, 0.15) is 11.5 Å². The average Bonchev–Trinajstić information content (AvgIpc) is 2.33. The number of halogens is 4. The fourth-order valence-electron chi connectivity index (χ4n) is 1.38. The first-order valence-corrected chi connectivity index (χ1v) is 5.83. The van der Waals surface area contributed by atoms with Gasteiger partial charge >= 0.3 is 0 Å². The first-order valence-electron chi connectivity index (χ1n) is 5.04. The van der Waals surface area contributed by atoms with E-state index in [9.17, 15) is 18.0 Å². The van der Waals surface area contributed by atoms with E-state index in [0.29, 0.717) is 0 Å². The molecule has 1 N–H and O–H groups in total. The van der Waals surface area contributed by atoms with Crippen molar-refractivity contribution in [3.8, 4) is 0 Å². The number of hydrogen-bond donors (Lipinski definition) is 1. The lowest BCUT2D eigenvalue weighted by Crippen LogP contribution is -2.15. The van der Waals surface area contributed by atoms with E-state index in [2.05, 4.69) is 20.9 Å². The fourth-order valence-corrected chi connectivity index (χ4v) is 1.79. The Kier molecular flexibility index (Phi) is 3.84. The maximum absolute atomic E-state index is 13.5. The zero-order valence-electron chi connectivity index (χ0n) is 9.25. The van der Waals surface area contributed by atoms with Gasteiger partial charge in [-0.1, -0.05) is 15.9 Å². The van der Waals surface area contributed by atoms with Crippen LogP contribution in [0.3, 0.4) is 0 Å². The zero-order valence-corrected chi connectivity index (χ0v) is 10.8. The van der Waals surface area contributed by atoms with E-state index in [-0.39, 0.29) is 10.0 Å². The Morgan fingerprint density at radius 2 is 1.74 bits per heavy atom. The van der Waals surface area contributed by atoms with Gasteiger partial charge in [0.15, 0.2) is 11.6 Å². The first-order chi connectivity index (χ1) is 8.97. The highest BCUT2D eigenvalue weighted by atomic mass is 79.9. The second-order valence-corrected chi connectivity index (χ2v) is 4.51. The van der Waals surface area contributed by atoms with Crippen molar-refractivity contribution in [1.82, 2.24) is 4.98 Å². The summed E-state index contributed by atoms with van der Waals surface area (Å²) < 4.78 is 40.1. The number of amides is 1.